The van der Waals surface area contributed by atoms with Crippen LogP contribution in [0.2, 0.25) is 0 Å². The number of nitrogen functional groups attached to an aromatic ring is 1. The van der Waals surface area contributed by atoms with E-state index in [-0.39, 0.29) is 5.78 Å². The molecule has 0 unspecified atom stereocenters. The minimum absolute atomic E-state index is 0.0856. The van der Waals surface area contributed by atoms with Crippen LogP contribution < -0.4 is 5.84 Å². The summed E-state index contributed by atoms with van der Waals surface area (Å²) in [5.74, 6) is 6.84. The molecule has 1 aliphatic rings. The first-order valence-corrected chi connectivity index (χ1v) is 11.3. The molecule has 1 aromatic carbocycles. The number of hydrogen-bond donors (Lipinski definition) is 1. The van der Waals surface area contributed by atoms with Gasteiger partial charge in [0.2, 0.25) is 0 Å². The summed E-state index contributed by atoms with van der Waals surface area (Å²) in [4.78, 5) is 15.4. The summed E-state index contributed by atoms with van der Waals surface area (Å²) < 4.78 is 1.72. The van der Waals surface area contributed by atoms with Gasteiger partial charge in [0.1, 0.15) is 0 Å². The molecule has 0 atom stereocenters. The first-order chi connectivity index (χ1) is 13.6. The second-order valence-electron chi connectivity index (χ2n) is 7.85. The van der Waals surface area contributed by atoms with E-state index in [2.05, 4.69) is 24.9 Å². The monoisotopic (exact) mass is 395 g/mol. The number of piperidine rings is 1. The number of rotatable bonds is 6. The van der Waals surface area contributed by atoms with Crippen LogP contribution in [0.25, 0.3) is 10.9 Å². The smallest absolute Gasteiger partial charge is 0.193 e. The van der Waals surface area contributed by atoms with Crippen LogP contribution >= 0.6 is 11.3 Å². The van der Waals surface area contributed by atoms with Gasteiger partial charge in [0.25, 0.3) is 0 Å². The first-order valence-electron chi connectivity index (χ1n) is 10.3. The van der Waals surface area contributed by atoms with Crippen molar-refractivity contribution in [3.63, 3.8) is 0 Å². The molecule has 1 aliphatic heterocycles. The molecule has 0 spiro atoms. The lowest BCUT2D eigenvalue weighted by Crippen LogP contribution is -2.40. The third-order valence-corrected chi connectivity index (χ3v) is 7.02. The molecule has 5 heteroatoms. The van der Waals surface area contributed by atoms with Crippen molar-refractivity contribution in [1.29, 1.82) is 0 Å². The number of nitrogens with zero attached hydrogens (tertiary/aromatic N) is 2. The van der Waals surface area contributed by atoms with E-state index in [1.807, 2.05) is 35.0 Å². The molecule has 0 saturated carbocycles. The van der Waals surface area contributed by atoms with E-state index in [1.54, 1.807) is 16.0 Å². The van der Waals surface area contributed by atoms with E-state index < -0.39 is 0 Å². The van der Waals surface area contributed by atoms with Gasteiger partial charge in [-0.05, 0) is 79.9 Å². The molecule has 3 heterocycles. The highest BCUT2D eigenvalue weighted by Gasteiger charge is 2.26. The molecule has 28 heavy (non-hydrogen) atoms. The number of carbonyl (C=O) groups excluding carboxylic acids is 1. The second-order valence-corrected chi connectivity index (χ2v) is 8.63. The van der Waals surface area contributed by atoms with E-state index in [1.165, 1.54) is 18.4 Å². The van der Waals surface area contributed by atoms with Gasteiger partial charge in [-0.25, -0.2) is 0 Å². The minimum atomic E-state index is 0.0856. The van der Waals surface area contributed by atoms with Crippen LogP contribution in [0.4, 0.5) is 0 Å². The molecule has 4 nitrogen and oxygen atoms in total. The average molecular weight is 396 g/mol. The molecule has 1 saturated heterocycles. The third kappa shape index (κ3) is 3.49. The van der Waals surface area contributed by atoms with Gasteiger partial charge in [0, 0.05) is 34.1 Å². The lowest BCUT2D eigenvalue weighted by Gasteiger charge is -2.37. The summed E-state index contributed by atoms with van der Waals surface area (Å²) in [6.45, 7) is 6.85. The fourth-order valence-corrected chi connectivity index (χ4v) is 5.32. The summed E-state index contributed by atoms with van der Waals surface area (Å²) in [7, 11) is 0. The number of benzene rings is 1. The number of hydrogen-bond acceptors (Lipinski definition) is 4. The standard InChI is InChI=1S/C23H29N3OS/c1-3-19(4-2)25-10-7-16(8-11-25)21-14-26(24)22-6-5-17(13-20(21)22)23(27)18-9-12-28-15-18/h5-6,9,12-16,19H,3-4,7-8,10-11,24H2,1-2H3. The van der Waals surface area contributed by atoms with E-state index in [0.29, 0.717) is 12.0 Å². The van der Waals surface area contributed by atoms with Crippen molar-refractivity contribution >= 4 is 28.0 Å². The Kier molecular flexibility index (Phi) is 5.56. The van der Waals surface area contributed by atoms with Gasteiger partial charge in [-0.1, -0.05) is 13.8 Å². The van der Waals surface area contributed by atoms with Gasteiger partial charge >= 0.3 is 0 Å². The quantitative estimate of drug-likeness (QED) is 0.471. The largest absolute Gasteiger partial charge is 0.339 e. The molecule has 148 valence electrons. The van der Waals surface area contributed by atoms with Crippen molar-refractivity contribution in [3.8, 4) is 0 Å². The average Bonchev–Trinajstić information content (AvgIpc) is 3.37. The number of aromatic nitrogens is 1. The Labute approximate surface area is 170 Å². The van der Waals surface area contributed by atoms with Gasteiger partial charge in [-0.2, -0.15) is 11.3 Å². The Balaban J connectivity index is 1.61. The van der Waals surface area contributed by atoms with E-state index in [4.69, 9.17) is 5.84 Å². The van der Waals surface area contributed by atoms with Gasteiger partial charge in [-0.15, -0.1) is 0 Å². The fraction of sp³-hybridized carbons (Fsp3) is 0.435. The van der Waals surface area contributed by atoms with Crippen LogP contribution in [0.3, 0.4) is 0 Å². The lowest BCUT2D eigenvalue weighted by atomic mass is 9.87. The number of ketones is 1. The Bertz CT molecular complexity index is 948. The van der Waals surface area contributed by atoms with E-state index in [0.717, 1.165) is 48.0 Å². The maximum Gasteiger partial charge on any atom is 0.193 e. The molecule has 0 aliphatic carbocycles. The van der Waals surface area contributed by atoms with Crippen molar-refractivity contribution in [2.45, 2.75) is 51.5 Å². The van der Waals surface area contributed by atoms with Crippen molar-refractivity contribution in [2.24, 2.45) is 0 Å². The van der Waals surface area contributed by atoms with E-state index in [9.17, 15) is 4.79 Å². The molecule has 1 fully saturated rings. The Morgan fingerprint density at radius 3 is 2.57 bits per heavy atom. The van der Waals surface area contributed by atoms with Gasteiger partial charge in [0.05, 0.1) is 5.52 Å². The molecule has 3 aromatic rings. The van der Waals surface area contributed by atoms with Crippen molar-refractivity contribution in [1.82, 2.24) is 9.58 Å². The topological polar surface area (TPSA) is 51.3 Å². The second kappa shape index (κ2) is 8.10. The minimum Gasteiger partial charge on any atom is -0.339 e. The van der Waals surface area contributed by atoms with Crippen LogP contribution in [-0.4, -0.2) is 34.5 Å². The molecule has 0 amide bonds. The molecule has 2 N–H and O–H groups in total. The molecular formula is C23H29N3OS. The number of likely N-dealkylation sites (tertiary alicyclic amines) is 1. The number of carbonyl (C=O) groups is 1. The lowest BCUT2D eigenvalue weighted by molar-refractivity contribution is 0.103. The van der Waals surface area contributed by atoms with Crippen molar-refractivity contribution in [2.75, 3.05) is 18.9 Å². The van der Waals surface area contributed by atoms with Crippen LogP contribution in [-0.2, 0) is 0 Å². The van der Waals surface area contributed by atoms with Crippen LogP contribution in [0.5, 0.6) is 0 Å². The zero-order valence-electron chi connectivity index (χ0n) is 16.7. The predicted octanol–water partition coefficient (Wildman–Crippen LogP) is 5.02. The Morgan fingerprint density at radius 2 is 1.93 bits per heavy atom. The summed E-state index contributed by atoms with van der Waals surface area (Å²) in [6.07, 6.45) is 6.81. The van der Waals surface area contributed by atoms with Gasteiger partial charge < -0.3 is 10.7 Å². The van der Waals surface area contributed by atoms with Crippen LogP contribution in [0.1, 0.15) is 66.9 Å². The van der Waals surface area contributed by atoms with Crippen molar-refractivity contribution < 1.29 is 4.79 Å². The Hall–Kier alpha value is -2.11. The van der Waals surface area contributed by atoms with Gasteiger partial charge in [-0.3, -0.25) is 9.47 Å². The molecular weight excluding hydrogens is 366 g/mol. The summed E-state index contributed by atoms with van der Waals surface area (Å²) in [5, 5.41) is 4.99. The van der Waals surface area contributed by atoms with Crippen LogP contribution in [0.15, 0.2) is 41.2 Å². The highest BCUT2D eigenvalue weighted by atomic mass is 32.1. The number of nitrogens with two attached hydrogens (primary N) is 1. The van der Waals surface area contributed by atoms with Gasteiger partial charge in [0.15, 0.2) is 5.78 Å². The normalized spacial score (nSPS) is 16.2. The zero-order chi connectivity index (χ0) is 19.7. The fourth-order valence-electron chi connectivity index (χ4n) is 4.69. The molecule has 0 bridgehead atoms. The maximum atomic E-state index is 12.8. The first kappa shape index (κ1) is 19.2. The number of thiophene rings is 1. The predicted molar refractivity (Wildman–Crippen MR) is 118 cm³/mol. The molecule has 0 radical (unpaired) electrons. The molecule has 2 aromatic heterocycles. The number of fused-ring (bicyclic) bond motifs is 1. The SMILES string of the molecule is CCC(CC)N1CCC(c2cn(N)c3ccc(C(=O)c4ccsc4)cc23)CC1. The molecule has 4 rings (SSSR count). The summed E-state index contributed by atoms with van der Waals surface area (Å²) >= 11 is 1.55. The van der Waals surface area contributed by atoms with Crippen LogP contribution in [0, 0.1) is 0 Å². The maximum absolute atomic E-state index is 12.8. The summed E-state index contributed by atoms with van der Waals surface area (Å²) in [6, 6.07) is 8.51. The van der Waals surface area contributed by atoms with Crippen molar-refractivity contribution in [3.05, 3.63) is 57.9 Å². The highest BCUT2D eigenvalue weighted by Crippen LogP contribution is 2.35. The van der Waals surface area contributed by atoms with E-state index >= 15 is 0 Å². The highest BCUT2D eigenvalue weighted by molar-refractivity contribution is 7.08. The zero-order valence-corrected chi connectivity index (χ0v) is 17.5. The third-order valence-electron chi connectivity index (χ3n) is 6.34. The Morgan fingerprint density at radius 1 is 1.18 bits per heavy atom. The summed E-state index contributed by atoms with van der Waals surface area (Å²) in [5.41, 5.74) is 3.80.